The highest BCUT2D eigenvalue weighted by Gasteiger charge is 2.38. The van der Waals surface area contributed by atoms with Crippen LogP contribution in [-0.4, -0.2) is 69.8 Å². The summed E-state index contributed by atoms with van der Waals surface area (Å²) in [7, 11) is 0. The van der Waals surface area contributed by atoms with Crippen molar-refractivity contribution >= 4 is 23.8 Å². The molecule has 10 nitrogen and oxygen atoms in total. The maximum atomic E-state index is 13.9. The van der Waals surface area contributed by atoms with Crippen LogP contribution in [0.25, 0.3) is 0 Å². The molecule has 0 aromatic heterocycles. The van der Waals surface area contributed by atoms with Gasteiger partial charge >= 0.3 is 18.1 Å². The number of hydrogen-bond donors (Lipinski definition) is 4. The lowest BCUT2D eigenvalue weighted by Gasteiger charge is -2.25. The second-order valence-electron chi connectivity index (χ2n) is 10.3. The number of rotatable bonds is 13. The maximum absolute atomic E-state index is 13.9. The fourth-order valence-corrected chi connectivity index (χ4v) is 4.48. The van der Waals surface area contributed by atoms with E-state index in [1.165, 1.54) is 6.07 Å². The van der Waals surface area contributed by atoms with Crippen LogP contribution >= 0.6 is 0 Å². The first-order valence-electron chi connectivity index (χ1n) is 14.1. The van der Waals surface area contributed by atoms with Crippen LogP contribution in [0.5, 0.6) is 5.75 Å². The quantitative estimate of drug-likeness (QED) is 0.242. The molecule has 0 bridgehead atoms. The second-order valence-corrected chi connectivity index (χ2v) is 10.3. The minimum atomic E-state index is -5.08. The minimum Gasteiger partial charge on any atom is -0.479 e. The average molecular weight is 628 g/mol. The van der Waals surface area contributed by atoms with Crippen molar-refractivity contribution in [3.8, 4) is 5.75 Å². The van der Waals surface area contributed by atoms with Gasteiger partial charge in [0.05, 0.1) is 0 Å². The molecule has 3 atom stereocenters. The molecule has 0 aliphatic carbocycles. The molecule has 2 aromatic carbocycles. The first-order valence-corrected chi connectivity index (χ1v) is 14.1. The molecule has 1 heterocycles. The fraction of sp³-hybridized carbons (Fsp3) is 0.467. The lowest BCUT2D eigenvalue weighted by molar-refractivity contribution is -0.192. The Kier molecular flexibility index (Phi) is 14.1. The largest absolute Gasteiger partial charge is 0.490 e. The van der Waals surface area contributed by atoms with E-state index < -0.39 is 36.3 Å². The Hall–Kier alpha value is -4.20. The zero-order valence-corrected chi connectivity index (χ0v) is 24.2. The third-order valence-corrected chi connectivity index (χ3v) is 6.76. The lowest BCUT2D eigenvalue weighted by Crippen LogP contribution is -2.47. The highest BCUT2D eigenvalue weighted by molar-refractivity contribution is 5.88. The van der Waals surface area contributed by atoms with E-state index in [-0.39, 0.29) is 37.0 Å². The molecular weight excluding hydrogens is 590 g/mol. The van der Waals surface area contributed by atoms with E-state index in [0.29, 0.717) is 30.7 Å². The number of nitrogens with two attached hydrogens (primary N) is 1. The fourth-order valence-electron chi connectivity index (χ4n) is 4.48. The Morgan fingerprint density at radius 3 is 2.30 bits per heavy atom. The number of likely N-dealkylation sites (tertiary alicyclic amines) is 1. The van der Waals surface area contributed by atoms with E-state index in [9.17, 15) is 37.1 Å². The number of carboxylic acid groups (broad SMARTS) is 2. The third-order valence-electron chi connectivity index (χ3n) is 6.76. The van der Waals surface area contributed by atoms with Crippen molar-refractivity contribution in [3.05, 3.63) is 65.5 Å². The van der Waals surface area contributed by atoms with Crippen LogP contribution in [0.4, 0.5) is 17.6 Å². The number of benzene rings is 2. The number of nitrogens with one attached hydrogen (secondary N) is 1. The van der Waals surface area contributed by atoms with Crippen molar-refractivity contribution in [2.45, 2.75) is 82.8 Å². The second kappa shape index (κ2) is 17.2. The number of halogens is 4. The number of hydrogen-bond acceptors (Lipinski definition) is 6. The molecule has 2 unspecified atom stereocenters. The molecule has 1 fully saturated rings. The summed E-state index contributed by atoms with van der Waals surface area (Å²) in [5.41, 5.74) is 7.41. The molecule has 0 radical (unpaired) electrons. The smallest absolute Gasteiger partial charge is 0.479 e. The summed E-state index contributed by atoms with van der Waals surface area (Å²) in [6.07, 6.45) is -2.31. The average Bonchev–Trinajstić information content (AvgIpc) is 3.46. The van der Waals surface area contributed by atoms with Gasteiger partial charge in [0.1, 0.15) is 17.6 Å². The van der Waals surface area contributed by atoms with Gasteiger partial charge < -0.3 is 30.9 Å². The summed E-state index contributed by atoms with van der Waals surface area (Å²) in [5.74, 6) is -4.08. The number of carbonyl (C=O) groups is 4. The van der Waals surface area contributed by atoms with Gasteiger partial charge in [-0.15, -0.1) is 0 Å². The molecule has 5 N–H and O–H groups in total. The van der Waals surface area contributed by atoms with Gasteiger partial charge in [-0.05, 0) is 61.4 Å². The van der Waals surface area contributed by atoms with Crippen LogP contribution in [-0.2, 0) is 32.1 Å². The minimum absolute atomic E-state index is 0.0369. The zero-order chi connectivity index (χ0) is 32.9. The van der Waals surface area contributed by atoms with Gasteiger partial charge in [-0.2, -0.15) is 13.2 Å². The number of alkyl halides is 3. The van der Waals surface area contributed by atoms with E-state index in [4.69, 9.17) is 20.4 Å². The van der Waals surface area contributed by atoms with Crippen LogP contribution in [0.1, 0.15) is 56.6 Å². The maximum Gasteiger partial charge on any atom is 0.490 e. The van der Waals surface area contributed by atoms with E-state index in [1.54, 1.807) is 47.4 Å². The van der Waals surface area contributed by atoms with Gasteiger partial charge in [-0.3, -0.25) is 9.59 Å². The monoisotopic (exact) mass is 627 g/mol. The Labute approximate surface area is 252 Å². The Morgan fingerprint density at radius 1 is 1.09 bits per heavy atom. The van der Waals surface area contributed by atoms with Crippen molar-refractivity contribution < 1.29 is 51.7 Å². The molecule has 242 valence electrons. The van der Waals surface area contributed by atoms with Crippen LogP contribution in [0.15, 0.2) is 48.5 Å². The van der Waals surface area contributed by atoms with Crippen molar-refractivity contribution in [2.75, 3.05) is 6.54 Å². The molecule has 3 rings (SSSR count). The summed E-state index contributed by atoms with van der Waals surface area (Å²) < 4.78 is 51.2. The zero-order valence-electron chi connectivity index (χ0n) is 24.2. The topological polar surface area (TPSA) is 159 Å². The number of amides is 2. The first kappa shape index (κ1) is 36.0. The van der Waals surface area contributed by atoms with Crippen molar-refractivity contribution in [1.82, 2.24) is 10.2 Å². The van der Waals surface area contributed by atoms with E-state index >= 15 is 0 Å². The summed E-state index contributed by atoms with van der Waals surface area (Å²) in [4.78, 5) is 47.6. The Bertz CT molecular complexity index is 1260. The summed E-state index contributed by atoms with van der Waals surface area (Å²) in [5, 5.41) is 19.3. The molecular formula is C30H37F4N3O7. The van der Waals surface area contributed by atoms with E-state index in [1.807, 2.05) is 6.92 Å². The first-order chi connectivity index (χ1) is 20.7. The SMILES string of the molecule is CCCCC(Oc1ccc(CNC(=O)[C@@H]2CCCN2C(=O)CC(N)Cc2ccccc2F)cc1)C(=O)O.O=C(O)C(F)(F)F. The molecule has 1 aliphatic heterocycles. The lowest BCUT2D eigenvalue weighted by atomic mass is 10.0. The van der Waals surface area contributed by atoms with Crippen LogP contribution < -0.4 is 15.8 Å². The predicted molar refractivity (Wildman–Crippen MR) is 151 cm³/mol. The van der Waals surface area contributed by atoms with E-state index in [0.717, 1.165) is 24.8 Å². The number of carbonyl (C=O) groups excluding carboxylic acids is 2. The molecule has 1 aliphatic rings. The van der Waals surface area contributed by atoms with Gasteiger partial charge in [0.15, 0.2) is 6.10 Å². The number of ether oxygens (including phenoxy) is 1. The molecule has 0 spiro atoms. The van der Waals surface area contributed by atoms with Gasteiger partial charge in [-0.25, -0.2) is 14.0 Å². The van der Waals surface area contributed by atoms with Crippen molar-refractivity contribution in [2.24, 2.45) is 5.73 Å². The van der Waals surface area contributed by atoms with Crippen molar-refractivity contribution in [3.63, 3.8) is 0 Å². The van der Waals surface area contributed by atoms with Crippen LogP contribution in [0.2, 0.25) is 0 Å². The van der Waals surface area contributed by atoms with Crippen molar-refractivity contribution in [1.29, 1.82) is 0 Å². The molecule has 14 heteroatoms. The summed E-state index contributed by atoms with van der Waals surface area (Å²) in [6, 6.07) is 12.2. The van der Waals surface area contributed by atoms with Crippen LogP contribution in [0.3, 0.4) is 0 Å². The highest BCUT2D eigenvalue weighted by Crippen LogP contribution is 2.21. The molecule has 44 heavy (non-hydrogen) atoms. The van der Waals surface area contributed by atoms with Gasteiger partial charge in [0.2, 0.25) is 11.8 Å². The standard InChI is InChI=1S/C28H36FN3O5.C2HF3O2/c1-2-3-10-25(28(35)36)37-22-13-11-19(12-14-22)18-31-27(34)24-9-6-15-32(24)26(33)17-21(30)16-20-7-4-5-8-23(20)29;3-2(4,5)1(6)7/h4-5,7-8,11-14,21,24-25H,2-3,6,9-10,15-18,30H2,1H3,(H,31,34)(H,35,36);(H,6,7)/t21?,24-,25?;/m0./s1. The number of carboxylic acids is 2. The molecule has 2 amide bonds. The summed E-state index contributed by atoms with van der Waals surface area (Å²) >= 11 is 0. The highest BCUT2D eigenvalue weighted by atomic mass is 19.4. The summed E-state index contributed by atoms with van der Waals surface area (Å²) in [6.45, 7) is 2.74. The van der Waals surface area contributed by atoms with Gasteiger partial charge in [0.25, 0.3) is 0 Å². The number of aliphatic carboxylic acids is 2. The molecule has 2 aromatic rings. The van der Waals surface area contributed by atoms with Gasteiger partial charge in [-0.1, -0.05) is 43.7 Å². The third kappa shape index (κ3) is 11.8. The Morgan fingerprint density at radius 2 is 1.73 bits per heavy atom. The number of unbranched alkanes of at least 4 members (excludes halogenated alkanes) is 1. The normalized spacial score (nSPS) is 15.9. The van der Waals surface area contributed by atoms with Crippen LogP contribution in [0, 0.1) is 5.82 Å². The predicted octanol–water partition coefficient (Wildman–Crippen LogP) is 4.05. The van der Waals surface area contributed by atoms with E-state index in [2.05, 4.69) is 5.32 Å². The number of nitrogens with zero attached hydrogens (tertiary/aromatic N) is 1. The van der Waals surface area contributed by atoms with Gasteiger partial charge in [0, 0.05) is 25.6 Å². The molecule has 0 saturated carbocycles. The molecule has 1 saturated heterocycles. The Balaban J connectivity index is 0.000000860.